The molecule has 0 saturated heterocycles. The van der Waals surface area contributed by atoms with Crippen LogP contribution >= 0.6 is 0 Å². The Balaban J connectivity index is 2.47. The molecule has 0 bridgehead atoms. The Kier molecular flexibility index (Phi) is 2.83. The van der Waals surface area contributed by atoms with Gasteiger partial charge in [0.2, 0.25) is 0 Å². The summed E-state index contributed by atoms with van der Waals surface area (Å²) in [5, 5.41) is 0. The first-order valence-electron chi connectivity index (χ1n) is 4.16. The lowest BCUT2D eigenvalue weighted by atomic mass is 9.74. The number of carbonyl (C=O) groups is 1. The van der Waals surface area contributed by atoms with Crippen LogP contribution in [0.4, 0.5) is 0 Å². The number of hydrogen-bond acceptors (Lipinski definition) is 2. The van der Waals surface area contributed by atoms with E-state index in [-0.39, 0.29) is 11.7 Å². The Morgan fingerprint density at radius 2 is 2.36 bits per heavy atom. The van der Waals surface area contributed by atoms with E-state index in [4.69, 9.17) is 5.73 Å². The molecule has 1 aliphatic rings. The van der Waals surface area contributed by atoms with Gasteiger partial charge in [0.05, 0.1) is 0 Å². The van der Waals surface area contributed by atoms with Crippen LogP contribution in [0.25, 0.3) is 0 Å². The minimum Gasteiger partial charge on any atom is -0.330 e. The second-order valence-electron chi connectivity index (χ2n) is 3.14. The van der Waals surface area contributed by atoms with E-state index in [0.717, 1.165) is 0 Å². The number of carbonyl (C=O) groups excluding carboxylic acids is 1. The van der Waals surface area contributed by atoms with Gasteiger partial charge in [-0.1, -0.05) is 13.0 Å². The summed E-state index contributed by atoms with van der Waals surface area (Å²) in [6.07, 6.45) is 4.99. The average molecular weight is 153 g/mol. The van der Waals surface area contributed by atoms with Gasteiger partial charge in [0.25, 0.3) is 0 Å². The number of ketones is 1. The molecule has 1 saturated carbocycles. The summed E-state index contributed by atoms with van der Waals surface area (Å²) in [5.74, 6) is 0.726. The summed E-state index contributed by atoms with van der Waals surface area (Å²) in [4.78, 5) is 11.2. The van der Waals surface area contributed by atoms with E-state index >= 15 is 0 Å². The fourth-order valence-corrected chi connectivity index (χ4v) is 1.53. The fourth-order valence-electron chi connectivity index (χ4n) is 1.53. The molecule has 2 nitrogen and oxygen atoms in total. The van der Waals surface area contributed by atoms with Crippen molar-refractivity contribution in [3.8, 4) is 0 Å². The Bertz CT molecular complexity index is 161. The van der Waals surface area contributed by atoms with Crippen molar-refractivity contribution in [1.82, 2.24) is 0 Å². The predicted molar refractivity (Wildman–Crippen MR) is 45.1 cm³/mol. The van der Waals surface area contributed by atoms with E-state index in [2.05, 4.69) is 6.58 Å². The quantitative estimate of drug-likeness (QED) is 0.615. The molecule has 11 heavy (non-hydrogen) atoms. The van der Waals surface area contributed by atoms with Crippen LogP contribution < -0.4 is 5.73 Å². The van der Waals surface area contributed by atoms with Crippen LogP contribution in [0.3, 0.4) is 0 Å². The van der Waals surface area contributed by atoms with Gasteiger partial charge in [-0.25, -0.2) is 0 Å². The summed E-state index contributed by atoms with van der Waals surface area (Å²) >= 11 is 0. The minimum atomic E-state index is 0.0567. The Hall–Kier alpha value is -0.630. The van der Waals surface area contributed by atoms with E-state index in [1.54, 1.807) is 0 Å². The number of allylic oxidation sites excluding steroid dienone is 1. The monoisotopic (exact) mass is 153 g/mol. The van der Waals surface area contributed by atoms with Crippen molar-refractivity contribution in [2.45, 2.75) is 19.3 Å². The molecule has 0 aromatic carbocycles. The average Bonchev–Trinajstić information content (AvgIpc) is 1.94. The Morgan fingerprint density at radius 1 is 1.73 bits per heavy atom. The second kappa shape index (κ2) is 3.67. The van der Waals surface area contributed by atoms with E-state index in [1.807, 2.05) is 0 Å². The third-order valence-corrected chi connectivity index (χ3v) is 2.54. The van der Waals surface area contributed by atoms with Gasteiger partial charge in [0.15, 0.2) is 5.78 Å². The highest BCUT2D eigenvalue weighted by molar-refractivity contribution is 5.91. The van der Waals surface area contributed by atoms with Crippen LogP contribution in [-0.4, -0.2) is 12.3 Å². The predicted octanol–water partition coefficient (Wildman–Crippen LogP) is 1.12. The van der Waals surface area contributed by atoms with Gasteiger partial charge in [0, 0.05) is 12.5 Å². The van der Waals surface area contributed by atoms with E-state index in [9.17, 15) is 4.79 Å². The van der Waals surface area contributed by atoms with Crippen LogP contribution in [0.5, 0.6) is 0 Å². The molecule has 2 heteroatoms. The molecule has 0 aliphatic heterocycles. The fraction of sp³-hybridized carbons (Fsp3) is 0.667. The molecule has 1 unspecified atom stereocenters. The van der Waals surface area contributed by atoms with Gasteiger partial charge in [-0.3, -0.25) is 4.79 Å². The molecule has 0 spiro atoms. The largest absolute Gasteiger partial charge is 0.330 e. The molecule has 0 heterocycles. The number of nitrogens with two attached hydrogens (primary N) is 1. The van der Waals surface area contributed by atoms with Crippen molar-refractivity contribution in [1.29, 1.82) is 0 Å². The van der Waals surface area contributed by atoms with Gasteiger partial charge in [-0.15, -0.1) is 0 Å². The maximum absolute atomic E-state index is 11.2. The van der Waals surface area contributed by atoms with Crippen LogP contribution in [0.1, 0.15) is 19.3 Å². The molecule has 1 fully saturated rings. The van der Waals surface area contributed by atoms with Crippen LogP contribution in [-0.2, 0) is 4.79 Å². The van der Waals surface area contributed by atoms with Crippen molar-refractivity contribution < 1.29 is 4.79 Å². The first-order valence-corrected chi connectivity index (χ1v) is 4.16. The van der Waals surface area contributed by atoms with Gasteiger partial charge in [-0.2, -0.15) is 0 Å². The lowest BCUT2D eigenvalue weighted by Gasteiger charge is -2.31. The smallest absolute Gasteiger partial charge is 0.159 e. The Labute approximate surface area is 67.5 Å². The lowest BCUT2D eigenvalue weighted by molar-refractivity contribution is -0.120. The van der Waals surface area contributed by atoms with E-state index in [1.165, 1.54) is 25.3 Å². The zero-order valence-corrected chi connectivity index (χ0v) is 6.75. The standard InChI is InChI=1S/C9H15NO/c1-2-9(11)8(6-10)7-4-3-5-7/h2,7-8H,1,3-6,10H2. The third-order valence-electron chi connectivity index (χ3n) is 2.54. The zero-order valence-electron chi connectivity index (χ0n) is 6.75. The molecule has 1 aliphatic carbocycles. The summed E-state index contributed by atoms with van der Waals surface area (Å²) < 4.78 is 0. The van der Waals surface area contributed by atoms with E-state index in [0.29, 0.717) is 12.5 Å². The van der Waals surface area contributed by atoms with Gasteiger partial charge < -0.3 is 5.73 Å². The van der Waals surface area contributed by atoms with Gasteiger partial charge in [0.1, 0.15) is 0 Å². The van der Waals surface area contributed by atoms with Crippen LogP contribution in [0.2, 0.25) is 0 Å². The number of rotatable bonds is 4. The van der Waals surface area contributed by atoms with Crippen molar-refractivity contribution in [2.75, 3.05) is 6.54 Å². The molecule has 0 aromatic heterocycles. The molecular formula is C9H15NO. The van der Waals surface area contributed by atoms with Crippen molar-refractivity contribution in [3.63, 3.8) is 0 Å². The molecule has 62 valence electrons. The maximum Gasteiger partial charge on any atom is 0.159 e. The highest BCUT2D eigenvalue weighted by Crippen LogP contribution is 2.33. The summed E-state index contributed by atoms with van der Waals surface area (Å²) in [6.45, 7) is 3.95. The van der Waals surface area contributed by atoms with Gasteiger partial charge >= 0.3 is 0 Å². The lowest BCUT2D eigenvalue weighted by Crippen LogP contribution is -2.33. The maximum atomic E-state index is 11.2. The molecule has 1 rings (SSSR count). The SMILES string of the molecule is C=CC(=O)C(CN)C1CCC1. The zero-order chi connectivity index (χ0) is 8.27. The van der Waals surface area contributed by atoms with Gasteiger partial charge in [-0.05, 0) is 24.8 Å². The van der Waals surface area contributed by atoms with Crippen molar-refractivity contribution >= 4 is 5.78 Å². The third kappa shape index (κ3) is 1.69. The highest BCUT2D eigenvalue weighted by Gasteiger charge is 2.29. The van der Waals surface area contributed by atoms with Crippen molar-refractivity contribution in [2.24, 2.45) is 17.6 Å². The second-order valence-corrected chi connectivity index (χ2v) is 3.14. The summed E-state index contributed by atoms with van der Waals surface area (Å²) in [5.41, 5.74) is 5.49. The normalized spacial score (nSPS) is 20.5. The highest BCUT2D eigenvalue weighted by atomic mass is 16.1. The van der Waals surface area contributed by atoms with Crippen LogP contribution in [0, 0.1) is 11.8 Å². The summed E-state index contributed by atoms with van der Waals surface area (Å²) in [6, 6.07) is 0. The molecule has 0 aromatic rings. The molecular weight excluding hydrogens is 138 g/mol. The molecule has 2 N–H and O–H groups in total. The summed E-state index contributed by atoms with van der Waals surface area (Å²) in [7, 11) is 0. The van der Waals surface area contributed by atoms with Crippen molar-refractivity contribution in [3.05, 3.63) is 12.7 Å². The number of hydrogen-bond donors (Lipinski definition) is 1. The molecule has 0 amide bonds. The first-order chi connectivity index (χ1) is 5.29. The topological polar surface area (TPSA) is 43.1 Å². The minimum absolute atomic E-state index is 0.0567. The van der Waals surface area contributed by atoms with Crippen LogP contribution in [0.15, 0.2) is 12.7 Å². The molecule has 0 radical (unpaired) electrons. The molecule has 1 atom stereocenters. The van der Waals surface area contributed by atoms with E-state index < -0.39 is 0 Å². The Morgan fingerprint density at radius 3 is 2.64 bits per heavy atom. The first kappa shape index (κ1) is 8.47.